The van der Waals surface area contributed by atoms with Gasteiger partial charge in [0.1, 0.15) is 0 Å². The third-order valence-electron chi connectivity index (χ3n) is 10.3. The standard InChI is InChI=1S/C23H40O5S/c1-14(9-11-29(26,27)28)18-6-7-19-17-5-4-15-12-16(24)8-10-22(15,2)20(17)13-21(25)23(18,19)3/h14-21,24-25H,4-13H2,1-3H3,(H,26,27,28)/t14-,15-,16-,17+,18-,19+,20+,21+,22+,23-/m1/s1. The van der Waals surface area contributed by atoms with Crippen LogP contribution >= 0.6 is 0 Å². The molecule has 0 heterocycles. The summed E-state index contributed by atoms with van der Waals surface area (Å²) in [6.07, 6.45) is 8.27. The summed E-state index contributed by atoms with van der Waals surface area (Å²) in [5.41, 5.74) is 0.0797. The molecule has 29 heavy (non-hydrogen) atoms. The van der Waals surface area contributed by atoms with Crippen molar-refractivity contribution < 1.29 is 23.2 Å². The largest absolute Gasteiger partial charge is 0.393 e. The molecule has 0 radical (unpaired) electrons. The molecule has 6 heteroatoms. The van der Waals surface area contributed by atoms with Crippen LogP contribution in [0.3, 0.4) is 0 Å². The van der Waals surface area contributed by atoms with E-state index in [1.165, 1.54) is 12.8 Å². The molecule has 0 aliphatic heterocycles. The molecule has 0 bridgehead atoms. The first-order valence-electron chi connectivity index (χ1n) is 11.8. The molecule has 0 aromatic rings. The smallest absolute Gasteiger partial charge is 0.264 e. The molecule has 4 aliphatic rings. The maximum atomic E-state index is 11.5. The van der Waals surface area contributed by atoms with Gasteiger partial charge in [-0.2, -0.15) is 8.42 Å². The van der Waals surface area contributed by atoms with Gasteiger partial charge in [0, 0.05) is 0 Å². The van der Waals surface area contributed by atoms with E-state index in [1.54, 1.807) is 0 Å². The highest BCUT2D eigenvalue weighted by Crippen LogP contribution is 2.68. The second kappa shape index (κ2) is 7.46. The predicted molar refractivity (Wildman–Crippen MR) is 113 cm³/mol. The normalized spacial score (nSPS) is 51.0. The van der Waals surface area contributed by atoms with Crippen molar-refractivity contribution in [1.29, 1.82) is 0 Å². The van der Waals surface area contributed by atoms with Gasteiger partial charge in [0.2, 0.25) is 0 Å². The zero-order valence-corrected chi connectivity index (χ0v) is 19.1. The second-order valence-electron chi connectivity index (χ2n) is 11.4. The Labute approximate surface area is 176 Å². The van der Waals surface area contributed by atoms with Crippen molar-refractivity contribution in [2.45, 2.75) is 90.8 Å². The van der Waals surface area contributed by atoms with E-state index >= 15 is 0 Å². The van der Waals surface area contributed by atoms with Crippen LogP contribution in [0.2, 0.25) is 0 Å². The van der Waals surface area contributed by atoms with E-state index in [0.29, 0.717) is 36.0 Å². The van der Waals surface area contributed by atoms with Gasteiger partial charge in [0.25, 0.3) is 10.1 Å². The number of hydrogen-bond donors (Lipinski definition) is 3. The summed E-state index contributed by atoms with van der Waals surface area (Å²) >= 11 is 0. The van der Waals surface area contributed by atoms with E-state index in [1.807, 2.05) is 0 Å². The summed E-state index contributed by atoms with van der Waals surface area (Å²) in [4.78, 5) is 0. The molecule has 0 spiro atoms. The molecule has 0 saturated heterocycles. The summed E-state index contributed by atoms with van der Waals surface area (Å²) in [6.45, 7) is 6.79. The summed E-state index contributed by atoms with van der Waals surface area (Å²) in [6, 6.07) is 0. The number of hydrogen-bond acceptors (Lipinski definition) is 4. The molecule has 4 rings (SSSR count). The predicted octanol–water partition coefficient (Wildman–Crippen LogP) is 3.89. The summed E-state index contributed by atoms with van der Waals surface area (Å²) < 4.78 is 31.7. The number of fused-ring (bicyclic) bond motifs is 5. The van der Waals surface area contributed by atoms with Crippen molar-refractivity contribution in [2.24, 2.45) is 46.3 Å². The van der Waals surface area contributed by atoms with Gasteiger partial charge in [-0.1, -0.05) is 20.8 Å². The molecule has 168 valence electrons. The Balaban J connectivity index is 1.56. The number of aliphatic hydroxyl groups excluding tert-OH is 2. The molecule has 5 nitrogen and oxygen atoms in total. The highest BCUT2D eigenvalue weighted by Gasteiger charge is 2.63. The van der Waals surface area contributed by atoms with Crippen LogP contribution < -0.4 is 0 Å². The van der Waals surface area contributed by atoms with Crippen molar-refractivity contribution in [2.75, 3.05) is 5.75 Å². The van der Waals surface area contributed by atoms with E-state index in [-0.39, 0.29) is 34.7 Å². The fourth-order valence-electron chi connectivity index (χ4n) is 8.70. The van der Waals surface area contributed by atoms with E-state index in [2.05, 4.69) is 20.8 Å². The van der Waals surface area contributed by atoms with E-state index in [4.69, 9.17) is 0 Å². The van der Waals surface area contributed by atoms with Gasteiger partial charge in [-0.3, -0.25) is 4.55 Å². The first kappa shape index (κ1) is 22.0. The van der Waals surface area contributed by atoms with Gasteiger partial charge < -0.3 is 10.2 Å². The molecule has 0 amide bonds. The molecule has 4 fully saturated rings. The summed E-state index contributed by atoms with van der Waals surface area (Å²) in [5, 5.41) is 21.7. The lowest BCUT2D eigenvalue weighted by Crippen LogP contribution is -2.58. The van der Waals surface area contributed by atoms with E-state index in [0.717, 1.165) is 38.5 Å². The van der Waals surface area contributed by atoms with Crippen LogP contribution in [0.1, 0.15) is 78.6 Å². The van der Waals surface area contributed by atoms with Crippen molar-refractivity contribution in [1.82, 2.24) is 0 Å². The van der Waals surface area contributed by atoms with E-state index < -0.39 is 10.1 Å². The zero-order chi connectivity index (χ0) is 21.2. The van der Waals surface area contributed by atoms with Crippen molar-refractivity contribution in [3.05, 3.63) is 0 Å². The van der Waals surface area contributed by atoms with Crippen LogP contribution in [-0.4, -0.2) is 41.1 Å². The Kier molecular flexibility index (Phi) is 5.67. The fourth-order valence-corrected chi connectivity index (χ4v) is 9.37. The van der Waals surface area contributed by atoms with Crippen LogP contribution in [-0.2, 0) is 10.1 Å². The van der Waals surface area contributed by atoms with Gasteiger partial charge in [-0.15, -0.1) is 0 Å². The first-order chi connectivity index (χ1) is 13.5. The van der Waals surface area contributed by atoms with Crippen LogP contribution in [0.5, 0.6) is 0 Å². The molecule has 10 atom stereocenters. The lowest BCUT2D eigenvalue weighted by atomic mass is 9.43. The molecule has 0 unspecified atom stereocenters. The zero-order valence-electron chi connectivity index (χ0n) is 18.3. The minimum absolute atomic E-state index is 0.150. The number of aliphatic hydroxyl groups is 2. The quantitative estimate of drug-likeness (QED) is 0.591. The maximum Gasteiger partial charge on any atom is 0.264 e. The molecule has 4 aliphatic carbocycles. The average Bonchev–Trinajstić information content (AvgIpc) is 3.00. The Morgan fingerprint density at radius 2 is 1.72 bits per heavy atom. The monoisotopic (exact) mass is 428 g/mol. The Morgan fingerprint density at radius 1 is 1.00 bits per heavy atom. The molecular formula is C23H40O5S. The third-order valence-corrected chi connectivity index (χ3v) is 11.1. The van der Waals surface area contributed by atoms with Crippen LogP contribution in [0.25, 0.3) is 0 Å². The first-order valence-corrected chi connectivity index (χ1v) is 13.4. The van der Waals surface area contributed by atoms with Gasteiger partial charge in [-0.05, 0) is 104 Å². The second-order valence-corrected chi connectivity index (χ2v) is 13.0. The summed E-state index contributed by atoms with van der Waals surface area (Å²) in [5.74, 6) is 2.55. The molecule has 0 aromatic carbocycles. The molecule has 0 aromatic heterocycles. The highest BCUT2D eigenvalue weighted by atomic mass is 32.2. The minimum atomic E-state index is -3.94. The number of rotatable bonds is 4. The Hall–Kier alpha value is -0.170. The van der Waals surface area contributed by atoms with Gasteiger partial charge in [-0.25, -0.2) is 0 Å². The third kappa shape index (κ3) is 3.60. The minimum Gasteiger partial charge on any atom is -0.393 e. The van der Waals surface area contributed by atoms with Gasteiger partial charge in [0.15, 0.2) is 0 Å². The van der Waals surface area contributed by atoms with Crippen molar-refractivity contribution in [3.63, 3.8) is 0 Å². The maximum absolute atomic E-state index is 11.5. The van der Waals surface area contributed by atoms with E-state index in [9.17, 15) is 23.2 Å². The fraction of sp³-hybridized carbons (Fsp3) is 1.00. The molecule has 3 N–H and O–H groups in total. The average molecular weight is 429 g/mol. The van der Waals surface area contributed by atoms with Gasteiger partial charge >= 0.3 is 0 Å². The van der Waals surface area contributed by atoms with Gasteiger partial charge in [0.05, 0.1) is 18.0 Å². The Bertz CT molecular complexity index is 723. The highest BCUT2D eigenvalue weighted by molar-refractivity contribution is 7.85. The molecular weight excluding hydrogens is 388 g/mol. The van der Waals surface area contributed by atoms with Crippen LogP contribution in [0, 0.1) is 46.3 Å². The topological polar surface area (TPSA) is 94.8 Å². The molecule has 4 saturated carbocycles. The Morgan fingerprint density at radius 3 is 2.41 bits per heavy atom. The van der Waals surface area contributed by atoms with Crippen molar-refractivity contribution >= 4 is 10.1 Å². The van der Waals surface area contributed by atoms with Crippen LogP contribution in [0.4, 0.5) is 0 Å². The summed E-state index contributed by atoms with van der Waals surface area (Å²) in [7, 11) is -3.94. The SMILES string of the molecule is C[C@H](CCS(=O)(=O)O)[C@H]1CC[C@H]2[C@@H]3CC[C@@H]4C[C@H](O)CC[C@]4(C)[C@H]3C[C@H](O)[C@]12C. The lowest BCUT2D eigenvalue weighted by molar-refractivity contribution is -0.174. The lowest BCUT2D eigenvalue weighted by Gasteiger charge is -2.62. The van der Waals surface area contributed by atoms with Crippen molar-refractivity contribution in [3.8, 4) is 0 Å². The van der Waals surface area contributed by atoms with Crippen LogP contribution in [0.15, 0.2) is 0 Å².